The number of aliphatic hydroxyl groups excluding tert-OH is 1. The van der Waals surface area contributed by atoms with Gasteiger partial charge in [0.2, 0.25) is 0 Å². The fourth-order valence-electron chi connectivity index (χ4n) is 2.62. The highest BCUT2D eigenvalue weighted by Gasteiger charge is 2.26. The van der Waals surface area contributed by atoms with Gasteiger partial charge >= 0.3 is 0 Å². The van der Waals surface area contributed by atoms with Crippen LogP contribution in [-0.2, 0) is 0 Å². The van der Waals surface area contributed by atoms with E-state index < -0.39 is 0 Å². The second-order valence-electron chi connectivity index (χ2n) is 4.85. The molecule has 1 fully saturated rings. The van der Waals surface area contributed by atoms with Crippen LogP contribution in [0.3, 0.4) is 0 Å². The minimum absolute atomic E-state index is 0.161. The Morgan fingerprint density at radius 3 is 2.69 bits per heavy atom. The quantitative estimate of drug-likeness (QED) is 0.819. The molecule has 3 atom stereocenters. The largest absolute Gasteiger partial charge is 0.392 e. The van der Waals surface area contributed by atoms with Crippen molar-refractivity contribution < 1.29 is 5.11 Å². The Balaban J connectivity index is 2.03. The number of hydrogen-bond donors (Lipinski definition) is 2. The van der Waals surface area contributed by atoms with E-state index >= 15 is 0 Å². The molecular weight excluding hydrogens is 198 g/mol. The first kappa shape index (κ1) is 11.6. The van der Waals surface area contributed by atoms with Crippen molar-refractivity contribution in [2.24, 2.45) is 0 Å². The molecule has 16 heavy (non-hydrogen) atoms. The van der Waals surface area contributed by atoms with E-state index in [1.165, 1.54) is 11.1 Å². The molecule has 1 saturated carbocycles. The Morgan fingerprint density at radius 1 is 1.31 bits per heavy atom. The second kappa shape index (κ2) is 4.98. The number of aliphatic hydroxyl groups is 1. The van der Waals surface area contributed by atoms with Gasteiger partial charge in [-0.05, 0) is 44.2 Å². The molecular formula is C14H21NO. The molecule has 1 aromatic carbocycles. The minimum atomic E-state index is -0.161. The molecule has 2 heteroatoms. The highest BCUT2D eigenvalue weighted by molar-refractivity contribution is 5.28. The Hall–Kier alpha value is -0.860. The first-order valence-electron chi connectivity index (χ1n) is 6.18. The summed E-state index contributed by atoms with van der Waals surface area (Å²) in [7, 11) is 0. The van der Waals surface area contributed by atoms with Gasteiger partial charge in [0.25, 0.3) is 0 Å². The van der Waals surface area contributed by atoms with Crippen molar-refractivity contribution in [3.8, 4) is 0 Å². The monoisotopic (exact) mass is 219 g/mol. The van der Waals surface area contributed by atoms with E-state index in [9.17, 15) is 5.11 Å². The average Bonchev–Trinajstić information content (AvgIpc) is 2.65. The lowest BCUT2D eigenvalue weighted by Crippen LogP contribution is -2.37. The molecule has 0 saturated heterocycles. The topological polar surface area (TPSA) is 32.3 Å². The maximum atomic E-state index is 9.79. The van der Waals surface area contributed by atoms with Crippen molar-refractivity contribution in [1.82, 2.24) is 5.32 Å². The van der Waals surface area contributed by atoms with Crippen LogP contribution in [-0.4, -0.2) is 17.3 Å². The normalized spacial score (nSPS) is 26.9. The van der Waals surface area contributed by atoms with E-state index in [0.717, 1.165) is 19.3 Å². The molecule has 0 spiro atoms. The smallest absolute Gasteiger partial charge is 0.0693 e. The van der Waals surface area contributed by atoms with Crippen molar-refractivity contribution in [3.63, 3.8) is 0 Å². The van der Waals surface area contributed by atoms with Gasteiger partial charge in [-0.2, -0.15) is 0 Å². The highest BCUT2D eigenvalue weighted by atomic mass is 16.3. The van der Waals surface area contributed by atoms with Gasteiger partial charge in [-0.25, -0.2) is 0 Å². The van der Waals surface area contributed by atoms with Gasteiger partial charge in [-0.3, -0.25) is 0 Å². The number of hydrogen-bond acceptors (Lipinski definition) is 2. The van der Waals surface area contributed by atoms with Gasteiger partial charge in [0, 0.05) is 12.1 Å². The number of nitrogens with one attached hydrogen (secondary N) is 1. The molecule has 1 aromatic rings. The summed E-state index contributed by atoms with van der Waals surface area (Å²) < 4.78 is 0. The average molecular weight is 219 g/mol. The Kier molecular flexibility index (Phi) is 3.62. The Labute approximate surface area is 97.7 Å². The van der Waals surface area contributed by atoms with Gasteiger partial charge in [0.1, 0.15) is 0 Å². The molecule has 0 amide bonds. The van der Waals surface area contributed by atoms with Crippen LogP contribution in [0.25, 0.3) is 0 Å². The van der Waals surface area contributed by atoms with Crippen molar-refractivity contribution in [2.75, 3.05) is 0 Å². The van der Waals surface area contributed by atoms with Gasteiger partial charge in [0.05, 0.1) is 6.10 Å². The predicted octanol–water partition coefficient (Wildman–Crippen LogP) is 2.56. The molecule has 88 valence electrons. The van der Waals surface area contributed by atoms with Crippen LogP contribution in [0, 0.1) is 6.92 Å². The summed E-state index contributed by atoms with van der Waals surface area (Å²) in [5.41, 5.74) is 2.65. The lowest BCUT2D eigenvalue weighted by Gasteiger charge is -2.23. The van der Waals surface area contributed by atoms with Crippen LogP contribution in [0.15, 0.2) is 24.3 Å². The summed E-state index contributed by atoms with van der Waals surface area (Å²) in [6.45, 7) is 4.31. The molecule has 0 aliphatic heterocycles. The third-order valence-electron chi connectivity index (χ3n) is 3.60. The van der Waals surface area contributed by atoms with E-state index in [1.54, 1.807) is 0 Å². The molecule has 2 nitrogen and oxygen atoms in total. The van der Waals surface area contributed by atoms with Gasteiger partial charge < -0.3 is 10.4 Å². The first-order chi connectivity index (χ1) is 7.68. The summed E-state index contributed by atoms with van der Waals surface area (Å²) in [4.78, 5) is 0. The molecule has 3 unspecified atom stereocenters. The van der Waals surface area contributed by atoms with Crippen molar-refractivity contribution in [3.05, 3.63) is 35.4 Å². The first-order valence-corrected chi connectivity index (χ1v) is 6.18. The van der Waals surface area contributed by atoms with Crippen molar-refractivity contribution in [1.29, 1.82) is 0 Å². The van der Waals surface area contributed by atoms with Crippen molar-refractivity contribution >= 4 is 0 Å². The molecule has 1 aliphatic carbocycles. The highest BCUT2D eigenvalue weighted by Crippen LogP contribution is 2.23. The maximum Gasteiger partial charge on any atom is 0.0693 e. The van der Waals surface area contributed by atoms with Crippen LogP contribution >= 0.6 is 0 Å². The van der Waals surface area contributed by atoms with E-state index in [-0.39, 0.29) is 12.1 Å². The fourth-order valence-corrected chi connectivity index (χ4v) is 2.62. The third-order valence-corrected chi connectivity index (χ3v) is 3.60. The molecule has 0 bridgehead atoms. The summed E-state index contributed by atoms with van der Waals surface area (Å²) in [6, 6.07) is 9.03. The molecule has 0 radical (unpaired) electrons. The molecule has 0 heterocycles. The van der Waals surface area contributed by atoms with Crippen LogP contribution in [0.1, 0.15) is 43.4 Å². The molecule has 1 aliphatic rings. The fraction of sp³-hybridized carbons (Fsp3) is 0.571. The predicted molar refractivity (Wildman–Crippen MR) is 66.4 cm³/mol. The van der Waals surface area contributed by atoms with E-state index in [2.05, 4.69) is 43.4 Å². The SMILES string of the molecule is Cc1ccccc1C(C)NC1CCCC1O. The standard InChI is InChI=1S/C14H21NO/c1-10-6-3-4-7-12(10)11(2)15-13-8-5-9-14(13)16/h3-4,6-7,11,13-16H,5,8-9H2,1-2H3. The third kappa shape index (κ3) is 2.45. The summed E-state index contributed by atoms with van der Waals surface area (Å²) >= 11 is 0. The number of aryl methyl sites for hydroxylation is 1. The zero-order valence-corrected chi connectivity index (χ0v) is 10.1. The van der Waals surface area contributed by atoms with Gasteiger partial charge in [0.15, 0.2) is 0 Å². The Morgan fingerprint density at radius 2 is 2.06 bits per heavy atom. The van der Waals surface area contributed by atoms with Crippen molar-refractivity contribution in [2.45, 2.75) is 51.3 Å². The molecule has 0 aromatic heterocycles. The molecule has 2 rings (SSSR count). The second-order valence-corrected chi connectivity index (χ2v) is 4.85. The van der Waals surface area contributed by atoms with Crippen LogP contribution < -0.4 is 5.32 Å². The van der Waals surface area contributed by atoms with Crippen LogP contribution in [0.5, 0.6) is 0 Å². The van der Waals surface area contributed by atoms with E-state index in [4.69, 9.17) is 0 Å². The van der Waals surface area contributed by atoms with Crippen LogP contribution in [0.2, 0.25) is 0 Å². The summed E-state index contributed by atoms with van der Waals surface area (Å²) in [5, 5.41) is 13.3. The maximum absolute atomic E-state index is 9.79. The van der Waals surface area contributed by atoms with E-state index in [1.807, 2.05) is 0 Å². The molecule has 2 N–H and O–H groups in total. The lowest BCUT2D eigenvalue weighted by atomic mass is 10.0. The zero-order valence-electron chi connectivity index (χ0n) is 10.1. The summed E-state index contributed by atoms with van der Waals surface area (Å²) in [6.07, 6.45) is 3.01. The number of benzene rings is 1. The zero-order chi connectivity index (χ0) is 11.5. The van der Waals surface area contributed by atoms with Gasteiger partial charge in [-0.15, -0.1) is 0 Å². The lowest BCUT2D eigenvalue weighted by molar-refractivity contribution is 0.144. The number of rotatable bonds is 3. The van der Waals surface area contributed by atoms with E-state index in [0.29, 0.717) is 6.04 Å². The minimum Gasteiger partial charge on any atom is -0.392 e. The van der Waals surface area contributed by atoms with Crippen LogP contribution in [0.4, 0.5) is 0 Å². The summed E-state index contributed by atoms with van der Waals surface area (Å²) in [5.74, 6) is 0. The van der Waals surface area contributed by atoms with Gasteiger partial charge in [-0.1, -0.05) is 24.3 Å². The Bertz CT molecular complexity index is 350.